The van der Waals surface area contributed by atoms with Crippen molar-refractivity contribution in [2.75, 3.05) is 18.4 Å². The van der Waals surface area contributed by atoms with Crippen LogP contribution in [0.4, 0.5) is 4.39 Å². The third-order valence-corrected chi connectivity index (χ3v) is 2.74. The third-order valence-electron chi connectivity index (χ3n) is 1.74. The molecule has 0 aromatic heterocycles. The smallest absolute Gasteiger partial charge is 0.123 e. The summed E-state index contributed by atoms with van der Waals surface area (Å²) in [7, 11) is 0. The first-order valence-electron chi connectivity index (χ1n) is 3.22. The van der Waals surface area contributed by atoms with Gasteiger partial charge in [0.1, 0.15) is 5.67 Å². The van der Waals surface area contributed by atoms with Gasteiger partial charge in [-0.05, 0) is 25.9 Å². The normalized spacial score (nSPS) is 23.4. The number of nitrogens with one attached hydrogen (secondary N) is 1. The molecule has 0 aromatic rings. The van der Waals surface area contributed by atoms with E-state index in [1.807, 2.05) is 0 Å². The van der Waals surface area contributed by atoms with E-state index in [9.17, 15) is 4.39 Å². The van der Waals surface area contributed by atoms with Gasteiger partial charge in [-0.3, -0.25) is 0 Å². The van der Waals surface area contributed by atoms with Gasteiger partial charge >= 0.3 is 0 Å². The SMILES string of the molecule is Cl.FC1(CBr)CCNCC1. The summed E-state index contributed by atoms with van der Waals surface area (Å²) in [5.41, 5.74) is -0.925. The zero-order valence-corrected chi connectivity index (χ0v) is 8.10. The van der Waals surface area contributed by atoms with Crippen LogP contribution in [-0.4, -0.2) is 24.1 Å². The number of hydrogen-bond donors (Lipinski definition) is 1. The van der Waals surface area contributed by atoms with Gasteiger partial charge in [0.15, 0.2) is 0 Å². The summed E-state index contributed by atoms with van der Waals surface area (Å²) in [5, 5.41) is 3.60. The van der Waals surface area contributed by atoms with Gasteiger partial charge < -0.3 is 5.32 Å². The van der Waals surface area contributed by atoms with E-state index in [4.69, 9.17) is 0 Å². The van der Waals surface area contributed by atoms with Crippen molar-refractivity contribution >= 4 is 28.3 Å². The first-order valence-corrected chi connectivity index (χ1v) is 4.35. The van der Waals surface area contributed by atoms with Crippen LogP contribution < -0.4 is 5.32 Å². The van der Waals surface area contributed by atoms with Crippen LogP contribution in [0.2, 0.25) is 0 Å². The van der Waals surface area contributed by atoms with E-state index in [1.54, 1.807) is 0 Å². The summed E-state index contributed by atoms with van der Waals surface area (Å²) < 4.78 is 13.2. The van der Waals surface area contributed by atoms with Gasteiger partial charge in [0, 0.05) is 5.33 Å². The number of rotatable bonds is 1. The van der Waals surface area contributed by atoms with Crippen LogP contribution in [0.3, 0.4) is 0 Å². The molecule has 0 aliphatic carbocycles. The Balaban J connectivity index is 0.000000810. The fourth-order valence-electron chi connectivity index (χ4n) is 1.01. The highest BCUT2D eigenvalue weighted by molar-refractivity contribution is 9.09. The Morgan fingerprint density at radius 1 is 1.40 bits per heavy atom. The van der Waals surface area contributed by atoms with Crippen LogP contribution in [0.25, 0.3) is 0 Å². The lowest BCUT2D eigenvalue weighted by Gasteiger charge is -2.27. The van der Waals surface area contributed by atoms with Crippen LogP contribution >= 0.6 is 28.3 Å². The molecule has 0 spiro atoms. The Hall–Kier alpha value is 0.660. The molecule has 1 aliphatic rings. The molecule has 4 heteroatoms. The fourth-order valence-corrected chi connectivity index (χ4v) is 1.57. The van der Waals surface area contributed by atoms with E-state index in [-0.39, 0.29) is 12.4 Å². The molecule has 1 saturated heterocycles. The Morgan fingerprint density at radius 3 is 2.20 bits per heavy atom. The molecule has 0 saturated carbocycles. The zero-order valence-electron chi connectivity index (χ0n) is 5.70. The van der Waals surface area contributed by atoms with Crippen molar-refractivity contribution in [1.82, 2.24) is 5.32 Å². The highest BCUT2D eigenvalue weighted by Crippen LogP contribution is 2.24. The van der Waals surface area contributed by atoms with Crippen LogP contribution in [0.5, 0.6) is 0 Å². The molecule has 1 nitrogen and oxygen atoms in total. The number of hydrogen-bond acceptors (Lipinski definition) is 1. The second kappa shape index (κ2) is 4.52. The van der Waals surface area contributed by atoms with Crippen LogP contribution in [-0.2, 0) is 0 Å². The molecular weight excluding hydrogens is 220 g/mol. The largest absolute Gasteiger partial charge is 0.316 e. The van der Waals surface area contributed by atoms with E-state index in [0.29, 0.717) is 18.2 Å². The minimum atomic E-state index is -0.925. The Morgan fingerprint density at radius 2 is 1.90 bits per heavy atom. The van der Waals surface area contributed by atoms with Crippen molar-refractivity contribution in [2.24, 2.45) is 0 Å². The third kappa shape index (κ3) is 2.72. The van der Waals surface area contributed by atoms with Gasteiger partial charge in [-0.25, -0.2) is 4.39 Å². The molecular formula is C6H12BrClFN. The molecule has 0 unspecified atom stereocenters. The summed E-state index contributed by atoms with van der Waals surface area (Å²) in [6.45, 7) is 1.64. The highest BCUT2D eigenvalue weighted by atomic mass is 79.9. The van der Waals surface area contributed by atoms with Crippen molar-refractivity contribution < 1.29 is 4.39 Å². The highest BCUT2D eigenvalue weighted by Gasteiger charge is 2.29. The van der Waals surface area contributed by atoms with Gasteiger partial charge in [-0.1, -0.05) is 15.9 Å². The average Bonchev–Trinajstić information content (AvgIpc) is 1.90. The van der Waals surface area contributed by atoms with Crippen molar-refractivity contribution in [1.29, 1.82) is 0 Å². The Labute approximate surface area is 75.3 Å². The molecule has 1 fully saturated rings. The van der Waals surface area contributed by atoms with Crippen LogP contribution in [0.1, 0.15) is 12.8 Å². The predicted molar refractivity (Wildman–Crippen MR) is 47.0 cm³/mol. The molecule has 1 heterocycles. The molecule has 10 heavy (non-hydrogen) atoms. The molecule has 62 valence electrons. The Bertz CT molecular complexity index is 95.7. The molecule has 1 N–H and O–H groups in total. The summed E-state index contributed by atoms with van der Waals surface area (Å²) in [4.78, 5) is 0. The topological polar surface area (TPSA) is 12.0 Å². The lowest BCUT2D eigenvalue weighted by molar-refractivity contribution is 0.146. The Kier molecular flexibility index (Phi) is 4.82. The van der Waals surface area contributed by atoms with E-state index in [1.165, 1.54) is 0 Å². The molecule has 0 amide bonds. The lowest BCUT2D eigenvalue weighted by atomic mass is 9.97. The summed E-state index contributed by atoms with van der Waals surface area (Å²) in [6.07, 6.45) is 1.30. The molecule has 0 aromatic carbocycles. The quantitative estimate of drug-likeness (QED) is 0.681. The molecule has 1 rings (SSSR count). The van der Waals surface area contributed by atoms with E-state index in [0.717, 1.165) is 13.1 Å². The molecule has 0 atom stereocenters. The first-order chi connectivity index (χ1) is 4.27. The standard InChI is InChI=1S/C6H11BrFN.ClH/c7-5-6(8)1-3-9-4-2-6;/h9H,1-5H2;1H. The van der Waals surface area contributed by atoms with Gasteiger partial charge in [0.05, 0.1) is 0 Å². The molecule has 0 radical (unpaired) electrons. The monoisotopic (exact) mass is 231 g/mol. The predicted octanol–water partition coefficient (Wildman–Crippen LogP) is 1.89. The number of alkyl halides is 2. The molecule has 1 aliphatic heterocycles. The maximum absolute atomic E-state index is 13.2. The van der Waals surface area contributed by atoms with Gasteiger partial charge in [-0.15, -0.1) is 12.4 Å². The van der Waals surface area contributed by atoms with E-state index < -0.39 is 5.67 Å². The van der Waals surface area contributed by atoms with Crippen molar-refractivity contribution in [3.8, 4) is 0 Å². The summed E-state index contributed by atoms with van der Waals surface area (Å²) in [6, 6.07) is 0. The maximum atomic E-state index is 13.2. The summed E-state index contributed by atoms with van der Waals surface area (Å²) in [5.74, 6) is 0. The van der Waals surface area contributed by atoms with Crippen molar-refractivity contribution in [3.05, 3.63) is 0 Å². The maximum Gasteiger partial charge on any atom is 0.123 e. The zero-order chi connectivity index (χ0) is 6.74. The van der Waals surface area contributed by atoms with Gasteiger partial charge in [0.25, 0.3) is 0 Å². The fraction of sp³-hybridized carbons (Fsp3) is 1.00. The van der Waals surface area contributed by atoms with Crippen LogP contribution in [0, 0.1) is 0 Å². The average molecular weight is 233 g/mol. The van der Waals surface area contributed by atoms with E-state index in [2.05, 4.69) is 21.2 Å². The van der Waals surface area contributed by atoms with Crippen molar-refractivity contribution in [2.45, 2.75) is 18.5 Å². The van der Waals surface area contributed by atoms with Gasteiger partial charge in [0.2, 0.25) is 0 Å². The number of piperidine rings is 1. The summed E-state index contributed by atoms with van der Waals surface area (Å²) >= 11 is 3.16. The molecule has 0 bridgehead atoms. The van der Waals surface area contributed by atoms with Crippen molar-refractivity contribution in [3.63, 3.8) is 0 Å². The van der Waals surface area contributed by atoms with E-state index >= 15 is 0 Å². The second-order valence-corrected chi connectivity index (χ2v) is 3.10. The second-order valence-electron chi connectivity index (χ2n) is 2.53. The minimum absolute atomic E-state index is 0. The lowest BCUT2D eigenvalue weighted by Crippen LogP contribution is -2.39. The van der Waals surface area contributed by atoms with Crippen LogP contribution in [0.15, 0.2) is 0 Å². The van der Waals surface area contributed by atoms with Gasteiger partial charge in [-0.2, -0.15) is 0 Å². The first kappa shape index (κ1) is 10.7. The minimum Gasteiger partial charge on any atom is -0.316 e. The number of halogens is 3.